The number of aryl methyl sites for hydroxylation is 1. The number of H-pyrrole nitrogens is 1. The number of amides is 1. The highest BCUT2D eigenvalue weighted by molar-refractivity contribution is 6.31. The predicted molar refractivity (Wildman–Crippen MR) is 68.0 cm³/mol. The molecule has 18 heavy (non-hydrogen) atoms. The van der Waals surface area contributed by atoms with Crippen LogP contribution in [0.3, 0.4) is 0 Å². The lowest BCUT2D eigenvalue weighted by Crippen LogP contribution is -2.15. The van der Waals surface area contributed by atoms with Gasteiger partial charge in [-0.15, -0.1) is 5.10 Å². The zero-order valence-corrected chi connectivity index (χ0v) is 10.6. The largest absolute Gasteiger partial charge is 0.343 e. The Hall–Kier alpha value is -2.08. The Bertz CT molecular complexity index is 659. The van der Waals surface area contributed by atoms with Gasteiger partial charge in [0.1, 0.15) is 0 Å². The molecule has 0 spiro atoms. The van der Waals surface area contributed by atoms with E-state index in [9.17, 15) is 9.59 Å². The van der Waals surface area contributed by atoms with Crippen molar-refractivity contribution in [2.45, 2.75) is 6.92 Å². The maximum Gasteiger partial charge on any atom is 0.343 e. The highest BCUT2D eigenvalue weighted by Gasteiger charge is 2.13. The Balaban J connectivity index is 2.27. The molecule has 1 heterocycles. The SMILES string of the molecule is Cc1c(Cl)cccc1NC(=O)c1nn(C)c(=O)[nH]1. The first-order valence-electron chi connectivity index (χ1n) is 5.19. The summed E-state index contributed by atoms with van der Waals surface area (Å²) in [4.78, 5) is 25.4. The van der Waals surface area contributed by atoms with Crippen molar-refractivity contribution in [2.75, 3.05) is 5.32 Å². The molecule has 0 aliphatic carbocycles. The van der Waals surface area contributed by atoms with Gasteiger partial charge in [0.25, 0.3) is 5.91 Å². The summed E-state index contributed by atoms with van der Waals surface area (Å²) in [5.74, 6) is -0.528. The number of rotatable bonds is 2. The summed E-state index contributed by atoms with van der Waals surface area (Å²) < 4.78 is 1.06. The monoisotopic (exact) mass is 266 g/mol. The van der Waals surface area contributed by atoms with E-state index in [0.29, 0.717) is 10.7 Å². The molecular weight excluding hydrogens is 256 g/mol. The molecule has 1 aromatic heterocycles. The minimum absolute atomic E-state index is 0.0399. The number of hydrogen-bond acceptors (Lipinski definition) is 3. The van der Waals surface area contributed by atoms with Crippen LogP contribution in [0.4, 0.5) is 5.69 Å². The Morgan fingerprint density at radius 2 is 2.22 bits per heavy atom. The normalized spacial score (nSPS) is 10.4. The number of nitrogens with one attached hydrogen (secondary N) is 2. The van der Waals surface area contributed by atoms with Crippen molar-refractivity contribution in [3.8, 4) is 0 Å². The number of benzene rings is 1. The topological polar surface area (TPSA) is 79.8 Å². The number of hydrogen-bond donors (Lipinski definition) is 2. The van der Waals surface area contributed by atoms with E-state index in [4.69, 9.17) is 11.6 Å². The van der Waals surface area contributed by atoms with E-state index in [1.807, 2.05) is 0 Å². The van der Waals surface area contributed by atoms with E-state index < -0.39 is 11.6 Å². The summed E-state index contributed by atoms with van der Waals surface area (Å²) in [7, 11) is 1.46. The van der Waals surface area contributed by atoms with Gasteiger partial charge in [-0.3, -0.25) is 9.78 Å². The van der Waals surface area contributed by atoms with Gasteiger partial charge in [0, 0.05) is 17.8 Å². The number of nitrogens with zero attached hydrogens (tertiary/aromatic N) is 2. The van der Waals surface area contributed by atoms with E-state index in [-0.39, 0.29) is 5.82 Å². The Labute approximate surface area is 108 Å². The lowest BCUT2D eigenvalue weighted by molar-refractivity contribution is 0.101. The van der Waals surface area contributed by atoms with Crippen LogP contribution in [0.2, 0.25) is 5.02 Å². The number of aromatic amines is 1. The van der Waals surface area contributed by atoms with Crippen molar-refractivity contribution in [1.82, 2.24) is 14.8 Å². The maximum atomic E-state index is 11.8. The lowest BCUT2D eigenvalue weighted by Gasteiger charge is -2.07. The molecule has 0 saturated heterocycles. The molecule has 94 valence electrons. The number of halogens is 1. The van der Waals surface area contributed by atoms with Gasteiger partial charge in [-0.25, -0.2) is 9.48 Å². The molecule has 0 fully saturated rings. The number of anilines is 1. The zero-order chi connectivity index (χ0) is 13.3. The van der Waals surface area contributed by atoms with Crippen LogP contribution < -0.4 is 11.0 Å². The summed E-state index contributed by atoms with van der Waals surface area (Å²) in [5, 5.41) is 6.96. The van der Waals surface area contributed by atoms with Crippen LogP contribution in [-0.2, 0) is 7.05 Å². The molecule has 0 aliphatic heterocycles. The maximum absolute atomic E-state index is 11.8. The van der Waals surface area contributed by atoms with Crippen LogP contribution in [0.5, 0.6) is 0 Å². The highest BCUT2D eigenvalue weighted by Crippen LogP contribution is 2.22. The molecule has 2 N–H and O–H groups in total. The molecular formula is C11H11ClN4O2. The third-order valence-corrected chi connectivity index (χ3v) is 2.91. The zero-order valence-electron chi connectivity index (χ0n) is 9.82. The van der Waals surface area contributed by atoms with Gasteiger partial charge >= 0.3 is 5.69 Å². The van der Waals surface area contributed by atoms with Gasteiger partial charge in [-0.05, 0) is 24.6 Å². The highest BCUT2D eigenvalue weighted by atomic mass is 35.5. The van der Waals surface area contributed by atoms with Crippen molar-refractivity contribution in [1.29, 1.82) is 0 Å². The van der Waals surface area contributed by atoms with Crippen LogP contribution in [0.1, 0.15) is 16.2 Å². The van der Waals surface area contributed by atoms with Gasteiger partial charge in [0.15, 0.2) is 0 Å². The second-order valence-corrected chi connectivity index (χ2v) is 4.18. The minimum atomic E-state index is -0.488. The van der Waals surface area contributed by atoms with Crippen molar-refractivity contribution in [3.05, 3.63) is 45.1 Å². The summed E-state index contributed by atoms with van der Waals surface area (Å²) in [6, 6.07) is 5.18. The second-order valence-electron chi connectivity index (χ2n) is 3.77. The van der Waals surface area contributed by atoms with E-state index in [1.165, 1.54) is 7.05 Å². The molecule has 0 bridgehead atoms. The lowest BCUT2D eigenvalue weighted by atomic mass is 10.2. The Morgan fingerprint density at radius 1 is 1.50 bits per heavy atom. The molecule has 1 aromatic carbocycles. The van der Waals surface area contributed by atoms with Crippen molar-refractivity contribution in [2.24, 2.45) is 7.05 Å². The molecule has 0 unspecified atom stereocenters. The van der Waals surface area contributed by atoms with Crippen LogP contribution in [-0.4, -0.2) is 20.7 Å². The standard InChI is InChI=1S/C11H11ClN4O2/c1-6-7(12)4-3-5-8(6)13-10(17)9-14-11(18)16(2)15-9/h3-5H,1-2H3,(H,13,17)(H,14,15,18). The molecule has 6 nitrogen and oxygen atoms in total. The average molecular weight is 267 g/mol. The Kier molecular flexibility index (Phi) is 3.20. The van der Waals surface area contributed by atoms with Crippen LogP contribution in [0.25, 0.3) is 0 Å². The van der Waals surface area contributed by atoms with Gasteiger partial charge in [0.2, 0.25) is 5.82 Å². The molecule has 0 atom stereocenters. The van der Waals surface area contributed by atoms with Crippen molar-refractivity contribution < 1.29 is 4.79 Å². The molecule has 0 saturated carbocycles. The number of aromatic nitrogens is 3. The van der Waals surface area contributed by atoms with Gasteiger partial charge < -0.3 is 5.32 Å². The van der Waals surface area contributed by atoms with Crippen LogP contribution >= 0.6 is 11.6 Å². The third-order valence-electron chi connectivity index (χ3n) is 2.50. The number of carbonyl (C=O) groups is 1. The first-order valence-corrected chi connectivity index (χ1v) is 5.56. The van der Waals surface area contributed by atoms with Gasteiger partial charge in [-0.2, -0.15) is 0 Å². The molecule has 0 aliphatic rings. The fourth-order valence-corrected chi connectivity index (χ4v) is 1.60. The smallest absolute Gasteiger partial charge is 0.319 e. The van der Waals surface area contributed by atoms with E-state index in [1.54, 1.807) is 25.1 Å². The average Bonchev–Trinajstić information content (AvgIpc) is 2.66. The molecule has 2 rings (SSSR count). The van der Waals surface area contributed by atoms with Crippen molar-refractivity contribution in [3.63, 3.8) is 0 Å². The van der Waals surface area contributed by atoms with E-state index in [2.05, 4.69) is 15.4 Å². The van der Waals surface area contributed by atoms with Gasteiger partial charge in [-0.1, -0.05) is 17.7 Å². The van der Waals surface area contributed by atoms with E-state index in [0.717, 1.165) is 10.2 Å². The first kappa shape index (κ1) is 12.4. The summed E-state index contributed by atoms with van der Waals surface area (Å²) >= 11 is 5.94. The second kappa shape index (κ2) is 4.66. The molecule has 1 amide bonds. The Morgan fingerprint density at radius 3 is 2.83 bits per heavy atom. The first-order chi connectivity index (χ1) is 8.49. The van der Waals surface area contributed by atoms with Crippen LogP contribution in [0, 0.1) is 6.92 Å². The minimum Gasteiger partial charge on any atom is -0.319 e. The van der Waals surface area contributed by atoms with Gasteiger partial charge in [0.05, 0.1) is 0 Å². The predicted octanol–water partition coefficient (Wildman–Crippen LogP) is 1.32. The van der Waals surface area contributed by atoms with Crippen molar-refractivity contribution >= 4 is 23.2 Å². The summed E-state index contributed by atoms with van der Waals surface area (Å²) in [6.45, 7) is 1.79. The van der Waals surface area contributed by atoms with E-state index >= 15 is 0 Å². The summed E-state index contributed by atoms with van der Waals surface area (Å²) in [6.07, 6.45) is 0. The fourth-order valence-electron chi connectivity index (χ4n) is 1.43. The fraction of sp³-hybridized carbons (Fsp3) is 0.182. The molecule has 0 radical (unpaired) electrons. The third kappa shape index (κ3) is 2.28. The summed E-state index contributed by atoms with van der Waals surface area (Å²) in [5.41, 5.74) is 0.896. The quantitative estimate of drug-likeness (QED) is 0.860. The van der Waals surface area contributed by atoms with Crippen LogP contribution in [0.15, 0.2) is 23.0 Å². The molecule has 2 aromatic rings. The number of carbonyl (C=O) groups excluding carboxylic acids is 1. The molecule has 7 heteroatoms.